The number of benzene rings is 3. The Morgan fingerprint density at radius 2 is 1.45 bits per heavy atom. The van der Waals surface area contributed by atoms with Gasteiger partial charge in [-0.2, -0.15) is 4.98 Å². The van der Waals surface area contributed by atoms with E-state index in [1.54, 1.807) is 41.1 Å². The number of hydrogen-bond acceptors (Lipinski definition) is 5. The molecule has 2 aliphatic rings. The number of fused-ring (bicyclic) bond motifs is 2. The van der Waals surface area contributed by atoms with Crippen LogP contribution >= 0.6 is 0 Å². The second-order valence-corrected chi connectivity index (χ2v) is 7.74. The Balaban J connectivity index is 1.46. The van der Waals surface area contributed by atoms with Crippen molar-refractivity contribution in [3.63, 3.8) is 0 Å². The van der Waals surface area contributed by atoms with Gasteiger partial charge in [-0.3, -0.25) is 9.59 Å². The molecule has 33 heavy (non-hydrogen) atoms. The number of aromatic nitrogens is 3. The minimum absolute atomic E-state index is 0.0153. The largest absolute Gasteiger partial charge is 0.324 e. The summed E-state index contributed by atoms with van der Waals surface area (Å²) < 4.78 is 15.2. The molecule has 2 aliphatic heterocycles. The number of halogens is 1. The molecule has 0 spiro atoms. The van der Waals surface area contributed by atoms with Crippen LogP contribution in [0.2, 0.25) is 0 Å². The summed E-state index contributed by atoms with van der Waals surface area (Å²) in [6.07, 6.45) is 1.95. The summed E-state index contributed by atoms with van der Waals surface area (Å²) >= 11 is 0. The highest BCUT2D eigenvalue weighted by Crippen LogP contribution is 2.35. The molecule has 8 heteroatoms. The molecule has 1 aromatic heterocycles. The van der Waals surface area contributed by atoms with Crippen LogP contribution in [0.25, 0.3) is 5.70 Å². The standard InChI is InChI=1S/C25H16FN5O2/c26-17-12-10-16(11-13-17)21-14-20(15-6-2-1-3-7-15)27-24-28-25(29-31(21)24)30-22(32)18-8-4-5-9-19(18)23(30)33/h1-14,21H,(H,27,28,29)/t21-/m0/s1. The first-order valence-corrected chi connectivity index (χ1v) is 10.3. The maximum Gasteiger partial charge on any atom is 0.268 e. The zero-order chi connectivity index (χ0) is 22.5. The van der Waals surface area contributed by atoms with Crippen molar-refractivity contribution < 1.29 is 14.0 Å². The van der Waals surface area contributed by atoms with Crippen LogP contribution in [0.1, 0.15) is 37.9 Å². The zero-order valence-corrected chi connectivity index (χ0v) is 17.1. The minimum Gasteiger partial charge on any atom is -0.324 e. The molecule has 4 aromatic rings. The number of allylic oxidation sites excluding steroid dienone is 1. The number of amides is 2. The van der Waals surface area contributed by atoms with E-state index in [0.29, 0.717) is 17.1 Å². The van der Waals surface area contributed by atoms with Gasteiger partial charge in [0, 0.05) is 5.70 Å². The van der Waals surface area contributed by atoms with E-state index in [1.807, 2.05) is 36.4 Å². The van der Waals surface area contributed by atoms with Crippen LogP contribution in [-0.2, 0) is 0 Å². The summed E-state index contributed by atoms with van der Waals surface area (Å²) in [5.74, 6) is -0.914. The third kappa shape index (κ3) is 3.03. The lowest BCUT2D eigenvalue weighted by atomic mass is 10.0. The van der Waals surface area contributed by atoms with Crippen molar-refractivity contribution in [2.75, 3.05) is 10.2 Å². The molecule has 0 bridgehead atoms. The van der Waals surface area contributed by atoms with Gasteiger partial charge in [-0.05, 0) is 41.5 Å². The highest BCUT2D eigenvalue weighted by Gasteiger charge is 2.40. The average molecular weight is 437 g/mol. The third-order valence-electron chi connectivity index (χ3n) is 5.74. The Hall–Kier alpha value is -4.59. The van der Waals surface area contributed by atoms with E-state index < -0.39 is 17.9 Å². The molecule has 0 saturated heterocycles. The van der Waals surface area contributed by atoms with E-state index in [0.717, 1.165) is 21.7 Å². The van der Waals surface area contributed by atoms with Crippen LogP contribution in [-0.4, -0.2) is 26.6 Å². The third-order valence-corrected chi connectivity index (χ3v) is 5.74. The van der Waals surface area contributed by atoms with Gasteiger partial charge in [-0.1, -0.05) is 54.6 Å². The topological polar surface area (TPSA) is 80.1 Å². The van der Waals surface area contributed by atoms with Crippen molar-refractivity contribution in [2.45, 2.75) is 6.04 Å². The first-order valence-electron chi connectivity index (χ1n) is 10.3. The second-order valence-electron chi connectivity index (χ2n) is 7.74. The molecule has 2 amide bonds. The number of rotatable bonds is 3. The molecule has 3 aromatic carbocycles. The van der Waals surface area contributed by atoms with Gasteiger partial charge in [0.1, 0.15) is 11.9 Å². The molecule has 0 saturated carbocycles. The highest BCUT2D eigenvalue weighted by atomic mass is 19.1. The van der Waals surface area contributed by atoms with E-state index in [9.17, 15) is 14.0 Å². The predicted molar refractivity (Wildman–Crippen MR) is 120 cm³/mol. The van der Waals surface area contributed by atoms with Gasteiger partial charge >= 0.3 is 0 Å². The van der Waals surface area contributed by atoms with Gasteiger partial charge in [-0.15, -0.1) is 5.10 Å². The summed E-state index contributed by atoms with van der Waals surface area (Å²) in [6.45, 7) is 0. The molecule has 7 nitrogen and oxygen atoms in total. The van der Waals surface area contributed by atoms with E-state index in [1.165, 1.54) is 12.1 Å². The summed E-state index contributed by atoms with van der Waals surface area (Å²) in [5, 5.41) is 7.76. The van der Waals surface area contributed by atoms with Crippen molar-refractivity contribution in [2.24, 2.45) is 0 Å². The van der Waals surface area contributed by atoms with Gasteiger partial charge in [0.25, 0.3) is 17.8 Å². The molecule has 3 heterocycles. The second kappa shape index (κ2) is 7.23. The Kier molecular flexibility index (Phi) is 4.19. The summed E-state index contributed by atoms with van der Waals surface area (Å²) in [7, 11) is 0. The molecule has 1 N–H and O–H groups in total. The fourth-order valence-corrected chi connectivity index (χ4v) is 4.13. The monoisotopic (exact) mass is 437 g/mol. The lowest BCUT2D eigenvalue weighted by molar-refractivity contribution is 0.0923. The van der Waals surface area contributed by atoms with Crippen molar-refractivity contribution in [3.8, 4) is 0 Å². The Morgan fingerprint density at radius 1 is 0.818 bits per heavy atom. The van der Waals surface area contributed by atoms with Crippen LogP contribution in [0.3, 0.4) is 0 Å². The SMILES string of the molecule is O=C1c2ccccc2C(=O)N1c1nc2n(n1)[C@H](c1ccc(F)cc1)C=C(c1ccccc1)N2. The van der Waals surface area contributed by atoms with E-state index in [2.05, 4.69) is 15.4 Å². The number of nitrogens with one attached hydrogen (secondary N) is 1. The Bertz CT molecular complexity index is 1410. The van der Waals surface area contributed by atoms with Gasteiger partial charge in [-0.25, -0.2) is 14.0 Å². The maximum absolute atomic E-state index is 13.6. The molecular weight excluding hydrogens is 421 g/mol. The molecule has 0 aliphatic carbocycles. The van der Waals surface area contributed by atoms with E-state index >= 15 is 0 Å². The molecule has 1 atom stereocenters. The normalized spacial score (nSPS) is 16.8. The maximum atomic E-state index is 13.6. The van der Waals surface area contributed by atoms with Crippen molar-refractivity contribution in [1.82, 2.24) is 14.8 Å². The van der Waals surface area contributed by atoms with Gasteiger partial charge in [0.2, 0.25) is 5.95 Å². The molecule has 0 fully saturated rings. The van der Waals surface area contributed by atoms with Gasteiger partial charge in [0.15, 0.2) is 0 Å². The summed E-state index contributed by atoms with van der Waals surface area (Å²) in [4.78, 5) is 31.4. The van der Waals surface area contributed by atoms with E-state index in [4.69, 9.17) is 0 Å². The Labute approximate surface area is 187 Å². The van der Waals surface area contributed by atoms with Crippen LogP contribution in [0.15, 0.2) is 84.9 Å². The van der Waals surface area contributed by atoms with Crippen molar-refractivity contribution in [1.29, 1.82) is 0 Å². The molecule has 160 valence electrons. The molecule has 6 rings (SSSR count). The van der Waals surface area contributed by atoms with E-state index in [-0.39, 0.29) is 11.8 Å². The zero-order valence-electron chi connectivity index (χ0n) is 17.1. The fraction of sp³-hybridized carbons (Fsp3) is 0.0400. The summed E-state index contributed by atoms with van der Waals surface area (Å²) in [5.41, 5.74) is 3.15. The van der Waals surface area contributed by atoms with Crippen LogP contribution < -0.4 is 10.2 Å². The van der Waals surface area contributed by atoms with Gasteiger partial charge < -0.3 is 5.32 Å². The number of imide groups is 1. The lowest BCUT2D eigenvalue weighted by Gasteiger charge is -2.24. The quantitative estimate of drug-likeness (QED) is 0.484. The van der Waals surface area contributed by atoms with Crippen LogP contribution in [0.4, 0.5) is 16.3 Å². The molecular formula is C25H16FN5O2. The Morgan fingerprint density at radius 3 is 2.12 bits per heavy atom. The first kappa shape index (κ1) is 19.1. The van der Waals surface area contributed by atoms with Gasteiger partial charge in [0.05, 0.1) is 11.1 Å². The van der Waals surface area contributed by atoms with Crippen LogP contribution in [0, 0.1) is 5.82 Å². The molecule has 0 unspecified atom stereocenters. The number of anilines is 2. The van der Waals surface area contributed by atoms with Crippen molar-refractivity contribution >= 4 is 29.4 Å². The average Bonchev–Trinajstić information content (AvgIpc) is 3.38. The number of hydrogen-bond donors (Lipinski definition) is 1. The molecule has 0 radical (unpaired) electrons. The number of nitrogens with zero attached hydrogens (tertiary/aromatic N) is 4. The smallest absolute Gasteiger partial charge is 0.268 e. The summed E-state index contributed by atoms with van der Waals surface area (Å²) in [6, 6.07) is 22.0. The van der Waals surface area contributed by atoms with Crippen LogP contribution in [0.5, 0.6) is 0 Å². The minimum atomic E-state index is -0.465. The predicted octanol–water partition coefficient (Wildman–Crippen LogP) is 4.27. The van der Waals surface area contributed by atoms with Crippen molar-refractivity contribution in [3.05, 3.63) is 113 Å². The highest BCUT2D eigenvalue weighted by molar-refractivity contribution is 6.33. The lowest BCUT2D eigenvalue weighted by Crippen LogP contribution is -2.30. The first-order chi connectivity index (χ1) is 16.1. The fourth-order valence-electron chi connectivity index (χ4n) is 4.13. The number of carbonyl (C=O) groups excluding carboxylic acids is 2. The number of carbonyl (C=O) groups is 2.